The Bertz CT molecular complexity index is 2630. The molecule has 0 radical (unpaired) electrons. The molecule has 8 heterocycles. The molecule has 0 spiro atoms. The van der Waals surface area contributed by atoms with Crippen molar-refractivity contribution >= 4 is 59.0 Å². The van der Waals surface area contributed by atoms with Gasteiger partial charge in [-0.1, -0.05) is 182 Å². The van der Waals surface area contributed by atoms with Crippen LogP contribution in [-0.2, 0) is 55.5 Å². The van der Waals surface area contributed by atoms with Crippen molar-refractivity contribution in [2.45, 2.75) is 46.0 Å². The number of carbonyl (C=O) groups excluding carboxylic acids is 2. The lowest BCUT2D eigenvalue weighted by Crippen LogP contribution is -2.16. The molecule has 0 saturated heterocycles. The van der Waals surface area contributed by atoms with E-state index in [4.69, 9.17) is 9.47 Å². The minimum Gasteiger partial charge on any atom is -0.424 e. The second-order valence-electron chi connectivity index (χ2n) is 16.7. The summed E-state index contributed by atoms with van der Waals surface area (Å²) in [6.45, 7) is -0.553. The van der Waals surface area contributed by atoms with E-state index in [9.17, 15) is 9.59 Å². The number of carbonyl (C=O) groups is 2. The van der Waals surface area contributed by atoms with Gasteiger partial charge in [-0.3, -0.25) is 0 Å². The van der Waals surface area contributed by atoms with Gasteiger partial charge in [0.1, 0.15) is 0 Å². The van der Waals surface area contributed by atoms with Crippen LogP contribution in [0, 0.1) is 0 Å². The predicted octanol–water partition coefficient (Wildman–Crippen LogP) is 15.7. The molecule has 8 aromatic rings. The van der Waals surface area contributed by atoms with Crippen LogP contribution in [0.15, 0.2) is 182 Å². The molecule has 16 rings (SSSR count). The summed E-state index contributed by atoms with van der Waals surface area (Å²) in [7, 11) is 0. The van der Waals surface area contributed by atoms with Gasteiger partial charge in [0.25, 0.3) is 0 Å². The summed E-state index contributed by atoms with van der Waals surface area (Å²) in [5.74, 6) is 5.98. The van der Waals surface area contributed by atoms with Crippen LogP contribution >= 0.6 is 47.0 Å². The fourth-order valence-corrected chi connectivity index (χ4v) is 12.8. The van der Waals surface area contributed by atoms with Crippen LogP contribution < -0.4 is 0 Å². The highest BCUT2D eigenvalue weighted by molar-refractivity contribution is 7.98. The predicted molar refractivity (Wildman–Crippen MR) is 283 cm³/mol. The van der Waals surface area contributed by atoms with Gasteiger partial charge in [0.05, 0.1) is 11.1 Å². The van der Waals surface area contributed by atoms with Crippen LogP contribution in [0.1, 0.15) is 65.2 Å². The van der Waals surface area contributed by atoms with Crippen LogP contribution in [-0.4, -0.2) is 18.7 Å². The largest absolute Gasteiger partial charge is 0.424 e. The lowest BCUT2D eigenvalue weighted by atomic mass is 9.91. The van der Waals surface area contributed by atoms with Gasteiger partial charge >= 0.3 is 11.9 Å². The van der Waals surface area contributed by atoms with Gasteiger partial charge in [0.15, 0.2) is 0 Å². The van der Waals surface area contributed by atoms with Crippen molar-refractivity contribution in [2.75, 3.05) is 6.79 Å². The van der Waals surface area contributed by atoms with E-state index in [2.05, 4.69) is 146 Å². The standard InChI is InChI=1S/C59H48O4S4/c60-58-56-52-11-5-13-54(56)46-27-19-42(20-28-46)33-66-37-50-9-3-4-10-51(50)38-67-34-43-21-29-47(30-22-43)55-14-6-12-53(57(55)59(61)63-39-62-58)45-25-17-41(18-26-45)32-65-36-49-8-2-1-7-48(49)35-64-31-40-15-23-44(52)24-16-40/h1-30H,31-39H2. The second-order valence-corrected chi connectivity index (χ2v) is 20.7. The van der Waals surface area contributed by atoms with Gasteiger partial charge in [-0.05, 0) is 89.0 Å². The molecule has 67 heavy (non-hydrogen) atoms. The molecular weight excluding hydrogens is 901 g/mol. The highest BCUT2D eigenvalue weighted by Gasteiger charge is 2.24. The van der Waals surface area contributed by atoms with Crippen LogP contribution in [0.4, 0.5) is 0 Å². The van der Waals surface area contributed by atoms with Gasteiger partial charge in [-0.15, -0.1) is 0 Å². The van der Waals surface area contributed by atoms with Crippen LogP contribution in [0.2, 0.25) is 0 Å². The Morgan fingerprint density at radius 3 is 0.791 bits per heavy atom. The summed E-state index contributed by atoms with van der Waals surface area (Å²) in [5.41, 5.74) is 17.7. The maximum atomic E-state index is 14.6. The van der Waals surface area contributed by atoms with E-state index < -0.39 is 18.7 Å². The Balaban J connectivity index is 1.07. The fraction of sp³-hybridized carbons (Fsp3) is 0.153. The molecule has 4 nitrogen and oxygen atoms in total. The van der Waals surface area contributed by atoms with Gasteiger partial charge in [0, 0.05) is 46.0 Å². The molecule has 8 heteroatoms. The van der Waals surface area contributed by atoms with Gasteiger partial charge in [0.2, 0.25) is 6.79 Å². The van der Waals surface area contributed by atoms with E-state index in [1.807, 2.05) is 83.4 Å². The molecule has 8 aliphatic heterocycles. The van der Waals surface area contributed by atoms with Gasteiger partial charge in [-0.2, -0.15) is 47.0 Å². The molecular formula is C59H48O4S4. The Hall–Kier alpha value is -5.90. The summed E-state index contributed by atoms with van der Waals surface area (Å²) in [4.78, 5) is 29.2. The van der Waals surface area contributed by atoms with Crippen molar-refractivity contribution < 1.29 is 19.1 Å². The lowest BCUT2D eigenvalue weighted by molar-refractivity contribution is -0.0165. The van der Waals surface area contributed by atoms with E-state index >= 15 is 0 Å². The summed E-state index contributed by atoms with van der Waals surface area (Å²) in [5, 5.41) is 0. The number of esters is 2. The van der Waals surface area contributed by atoms with E-state index in [0.29, 0.717) is 11.1 Å². The SMILES string of the molecule is O=C1OCOC(=O)c2c3cccc2-c2ccc(cc2)CSCc2ccccc2CSCc2ccc(cc2)-c2cccc(c21)-c1ccc(cc1)CSCc1ccccc1CSCc1ccc-3cc1. The number of hydrogen-bond donors (Lipinski definition) is 0. The van der Waals surface area contributed by atoms with Gasteiger partial charge < -0.3 is 9.47 Å². The number of benzene rings is 8. The van der Waals surface area contributed by atoms with Crippen molar-refractivity contribution in [1.82, 2.24) is 0 Å². The molecule has 0 aromatic heterocycles. The summed E-state index contributed by atoms with van der Waals surface area (Å²) in [6, 6.07) is 63.3. The quantitative estimate of drug-likeness (QED) is 0.139. The summed E-state index contributed by atoms with van der Waals surface area (Å²) < 4.78 is 12.0. The van der Waals surface area contributed by atoms with E-state index in [1.165, 1.54) is 44.5 Å². The highest BCUT2D eigenvalue weighted by atomic mass is 32.2. The minimum atomic E-state index is -0.568. The Morgan fingerprint density at radius 2 is 0.537 bits per heavy atom. The second kappa shape index (κ2) is 21.4. The number of rotatable bonds is 0. The lowest BCUT2D eigenvalue weighted by Gasteiger charge is -2.17. The van der Waals surface area contributed by atoms with Crippen molar-refractivity contribution in [3.05, 3.63) is 238 Å². The molecule has 0 aliphatic carbocycles. The first-order chi connectivity index (χ1) is 33.0. The third-order valence-corrected chi connectivity index (χ3v) is 16.5. The zero-order chi connectivity index (χ0) is 45.4. The van der Waals surface area contributed by atoms with Crippen molar-refractivity contribution in [1.29, 1.82) is 0 Å². The molecule has 8 aromatic carbocycles. The zero-order valence-electron chi connectivity index (χ0n) is 37.0. The molecule has 0 saturated carbocycles. The van der Waals surface area contributed by atoms with Crippen molar-refractivity contribution in [2.24, 2.45) is 0 Å². The normalized spacial score (nSPS) is 14.7. The third-order valence-electron chi connectivity index (χ3n) is 12.3. The number of thioether (sulfide) groups is 4. The molecule has 10 bridgehead atoms. The number of hydrogen-bond acceptors (Lipinski definition) is 8. The smallest absolute Gasteiger partial charge is 0.342 e. The summed E-state index contributed by atoms with van der Waals surface area (Å²) in [6.07, 6.45) is 0. The third kappa shape index (κ3) is 10.6. The molecule has 0 fully saturated rings. The highest BCUT2D eigenvalue weighted by Crippen LogP contribution is 2.37. The Kier molecular flexibility index (Phi) is 14.3. The first-order valence-electron chi connectivity index (χ1n) is 22.5. The minimum absolute atomic E-state index is 0.420. The molecule has 8 aliphatic rings. The van der Waals surface area contributed by atoms with Crippen LogP contribution in [0.25, 0.3) is 44.5 Å². The average Bonchev–Trinajstić information content (AvgIpc) is 3.37. The maximum Gasteiger partial charge on any atom is 0.342 e. The Morgan fingerprint density at radius 1 is 0.284 bits per heavy atom. The average molecular weight is 949 g/mol. The first-order valence-corrected chi connectivity index (χ1v) is 27.1. The molecule has 0 amide bonds. The number of ether oxygens (including phenoxy) is 2. The van der Waals surface area contributed by atoms with Crippen molar-refractivity contribution in [3.63, 3.8) is 0 Å². The monoisotopic (exact) mass is 948 g/mol. The van der Waals surface area contributed by atoms with Crippen LogP contribution in [0.5, 0.6) is 0 Å². The zero-order valence-corrected chi connectivity index (χ0v) is 40.2. The van der Waals surface area contributed by atoms with E-state index in [-0.39, 0.29) is 0 Å². The molecule has 0 atom stereocenters. The molecule has 0 N–H and O–H groups in total. The maximum absolute atomic E-state index is 14.6. The first kappa shape index (κ1) is 44.9. The summed E-state index contributed by atoms with van der Waals surface area (Å²) >= 11 is 7.63. The Labute approximate surface area is 410 Å². The topological polar surface area (TPSA) is 52.6 Å². The van der Waals surface area contributed by atoms with Gasteiger partial charge in [-0.25, -0.2) is 9.59 Å². The molecule has 332 valence electrons. The van der Waals surface area contributed by atoms with Crippen LogP contribution in [0.3, 0.4) is 0 Å². The van der Waals surface area contributed by atoms with E-state index in [1.54, 1.807) is 0 Å². The molecule has 0 unspecified atom stereocenters. The van der Waals surface area contributed by atoms with Crippen molar-refractivity contribution in [3.8, 4) is 44.5 Å². The van der Waals surface area contributed by atoms with E-state index in [0.717, 1.165) is 90.5 Å². The fourth-order valence-electron chi connectivity index (χ4n) is 8.70.